The lowest BCUT2D eigenvalue weighted by Crippen LogP contribution is -2.30. The van der Waals surface area contributed by atoms with Gasteiger partial charge in [-0.2, -0.15) is 13.2 Å². The van der Waals surface area contributed by atoms with E-state index in [0.717, 1.165) is 43.4 Å². The van der Waals surface area contributed by atoms with Gasteiger partial charge in [0.1, 0.15) is 5.75 Å². The molecule has 34 heavy (non-hydrogen) atoms. The van der Waals surface area contributed by atoms with Crippen molar-refractivity contribution >= 4 is 5.97 Å². The highest BCUT2D eigenvalue weighted by atomic mass is 19.4. The van der Waals surface area contributed by atoms with Crippen molar-refractivity contribution in [3.63, 3.8) is 0 Å². The third-order valence-electron chi connectivity index (χ3n) is 6.54. The highest BCUT2D eigenvalue weighted by Crippen LogP contribution is 2.40. The molecule has 0 unspecified atom stereocenters. The van der Waals surface area contributed by atoms with Crippen molar-refractivity contribution in [2.45, 2.75) is 71.7 Å². The van der Waals surface area contributed by atoms with Gasteiger partial charge in [0.15, 0.2) is 0 Å². The van der Waals surface area contributed by atoms with E-state index in [0.29, 0.717) is 30.1 Å². The molecule has 2 N–H and O–H groups in total. The van der Waals surface area contributed by atoms with E-state index in [2.05, 4.69) is 26.1 Å². The minimum absolute atomic E-state index is 0.00564. The zero-order chi connectivity index (χ0) is 24.9. The Morgan fingerprint density at radius 3 is 2.35 bits per heavy atom. The molecular weight excluding hydrogens is 443 g/mol. The second-order valence-corrected chi connectivity index (χ2v) is 10.2. The van der Waals surface area contributed by atoms with Crippen molar-refractivity contribution in [1.29, 1.82) is 0 Å². The average Bonchev–Trinajstić information content (AvgIpc) is 2.76. The molecule has 2 aromatic carbocycles. The molecule has 4 nitrogen and oxygen atoms in total. The first-order valence-corrected chi connectivity index (χ1v) is 11.8. The van der Waals surface area contributed by atoms with Crippen molar-refractivity contribution in [3.8, 4) is 16.9 Å². The fraction of sp³-hybridized carbons (Fsp3) is 0.519. The summed E-state index contributed by atoms with van der Waals surface area (Å²) in [6.45, 7) is 7.44. The number of nitrogens with one attached hydrogen (secondary N) is 1. The molecule has 7 heteroatoms. The highest BCUT2D eigenvalue weighted by molar-refractivity contribution is 5.67. The lowest BCUT2D eigenvalue weighted by molar-refractivity contribution is -0.138. The lowest BCUT2D eigenvalue weighted by Gasteiger charge is -2.37. The molecular formula is C27H34F3NO3. The van der Waals surface area contributed by atoms with Gasteiger partial charge in [0, 0.05) is 13.1 Å². The highest BCUT2D eigenvalue weighted by Gasteiger charge is 2.33. The van der Waals surface area contributed by atoms with E-state index >= 15 is 0 Å². The predicted molar refractivity (Wildman–Crippen MR) is 127 cm³/mol. The van der Waals surface area contributed by atoms with Gasteiger partial charge in [-0.15, -0.1) is 0 Å². The minimum Gasteiger partial charge on any atom is -0.490 e. The van der Waals surface area contributed by atoms with Crippen LogP contribution in [0.2, 0.25) is 0 Å². The molecule has 3 rings (SSSR count). The van der Waals surface area contributed by atoms with E-state index in [4.69, 9.17) is 9.84 Å². The number of ether oxygens (including phenoxy) is 1. The number of hydrogen-bond acceptors (Lipinski definition) is 3. The van der Waals surface area contributed by atoms with Crippen LogP contribution in [0, 0.1) is 11.3 Å². The third kappa shape index (κ3) is 7.49. The summed E-state index contributed by atoms with van der Waals surface area (Å²) in [6, 6.07) is 11.2. The summed E-state index contributed by atoms with van der Waals surface area (Å²) in [7, 11) is 0. The quantitative estimate of drug-likeness (QED) is 0.405. The van der Waals surface area contributed by atoms with Crippen LogP contribution in [-0.2, 0) is 17.5 Å². The van der Waals surface area contributed by atoms with Gasteiger partial charge in [-0.25, -0.2) is 0 Å². The second-order valence-electron chi connectivity index (χ2n) is 10.2. The number of benzene rings is 2. The number of carboxylic acid groups (broad SMARTS) is 1. The Morgan fingerprint density at radius 2 is 1.74 bits per heavy atom. The Labute approximate surface area is 199 Å². The molecule has 0 amide bonds. The molecule has 0 saturated heterocycles. The van der Waals surface area contributed by atoms with Crippen molar-refractivity contribution < 1.29 is 27.8 Å². The van der Waals surface area contributed by atoms with Crippen molar-refractivity contribution in [2.75, 3.05) is 6.54 Å². The number of carbonyl (C=O) groups is 1. The lowest BCUT2D eigenvalue weighted by atomic mass is 9.72. The van der Waals surface area contributed by atoms with Gasteiger partial charge in [-0.3, -0.25) is 4.79 Å². The number of carboxylic acids is 1. The monoisotopic (exact) mass is 477 g/mol. The van der Waals surface area contributed by atoms with Crippen LogP contribution >= 0.6 is 0 Å². The Balaban J connectivity index is 1.77. The fourth-order valence-corrected chi connectivity index (χ4v) is 4.53. The van der Waals surface area contributed by atoms with E-state index in [1.807, 2.05) is 12.1 Å². The maximum absolute atomic E-state index is 13.7. The van der Waals surface area contributed by atoms with E-state index in [-0.39, 0.29) is 23.7 Å². The van der Waals surface area contributed by atoms with Crippen molar-refractivity contribution in [2.24, 2.45) is 11.3 Å². The van der Waals surface area contributed by atoms with Crippen LogP contribution in [0.4, 0.5) is 13.2 Å². The molecule has 0 radical (unpaired) electrons. The summed E-state index contributed by atoms with van der Waals surface area (Å²) in [5.41, 5.74) is 1.46. The zero-order valence-electron chi connectivity index (χ0n) is 20.0. The number of halogens is 3. The number of rotatable bonds is 8. The first kappa shape index (κ1) is 26.1. The van der Waals surface area contributed by atoms with Crippen LogP contribution in [0.3, 0.4) is 0 Å². The van der Waals surface area contributed by atoms with Crippen molar-refractivity contribution in [1.82, 2.24) is 5.32 Å². The number of hydrogen-bond donors (Lipinski definition) is 2. The molecule has 2 aromatic rings. The summed E-state index contributed by atoms with van der Waals surface area (Å²) < 4.78 is 47.1. The minimum atomic E-state index is -4.48. The van der Waals surface area contributed by atoms with Crippen LogP contribution < -0.4 is 10.1 Å². The molecule has 0 aliphatic heterocycles. The maximum atomic E-state index is 13.7. The largest absolute Gasteiger partial charge is 0.490 e. The van der Waals surface area contributed by atoms with Gasteiger partial charge < -0.3 is 15.2 Å². The standard InChI is InChI=1S/C27H34F3NO3/c1-26(2,3)21-7-9-23(10-8-21)34-24-15-20(14-22(16-24)27(28,29)30)19-6-4-5-18(13-19)17-31-12-11-25(32)33/h4-6,13-16,21,23,31H,7-12,17H2,1-3H3,(H,32,33)/t21-,23-. The van der Waals surface area contributed by atoms with Gasteiger partial charge in [0.2, 0.25) is 0 Å². The summed E-state index contributed by atoms with van der Waals surface area (Å²) in [4.78, 5) is 10.7. The molecule has 1 aliphatic rings. The topological polar surface area (TPSA) is 58.6 Å². The number of alkyl halides is 3. The summed E-state index contributed by atoms with van der Waals surface area (Å²) >= 11 is 0. The summed E-state index contributed by atoms with van der Waals surface area (Å²) in [5.74, 6) is -0.0464. The molecule has 0 atom stereocenters. The van der Waals surface area contributed by atoms with E-state index in [9.17, 15) is 18.0 Å². The normalized spacial score (nSPS) is 19.1. The first-order chi connectivity index (χ1) is 15.9. The molecule has 0 spiro atoms. The maximum Gasteiger partial charge on any atom is 0.416 e. The van der Waals surface area contributed by atoms with Gasteiger partial charge in [0.25, 0.3) is 0 Å². The van der Waals surface area contributed by atoms with Gasteiger partial charge in [-0.05, 0) is 78.0 Å². The molecule has 0 heterocycles. The Hall–Kier alpha value is -2.54. The average molecular weight is 478 g/mol. The first-order valence-electron chi connectivity index (χ1n) is 11.8. The Morgan fingerprint density at radius 1 is 1.03 bits per heavy atom. The smallest absolute Gasteiger partial charge is 0.416 e. The summed E-state index contributed by atoms with van der Waals surface area (Å²) in [5, 5.41) is 11.8. The number of aliphatic carboxylic acids is 1. The predicted octanol–water partition coefficient (Wildman–Crippen LogP) is 6.92. The van der Waals surface area contributed by atoms with Crippen LogP contribution in [0.1, 0.15) is 64.0 Å². The molecule has 186 valence electrons. The van der Waals surface area contributed by atoms with E-state index in [1.165, 1.54) is 0 Å². The Kier molecular flexibility index (Phi) is 8.29. The van der Waals surface area contributed by atoms with Crippen LogP contribution in [-0.4, -0.2) is 23.7 Å². The zero-order valence-corrected chi connectivity index (χ0v) is 20.0. The van der Waals surface area contributed by atoms with E-state index in [1.54, 1.807) is 18.2 Å². The van der Waals surface area contributed by atoms with Gasteiger partial charge in [-0.1, -0.05) is 39.0 Å². The Bertz CT molecular complexity index is 974. The molecule has 1 aliphatic carbocycles. The summed E-state index contributed by atoms with van der Waals surface area (Å²) in [6.07, 6.45) is -0.858. The van der Waals surface area contributed by atoms with Crippen LogP contribution in [0.25, 0.3) is 11.1 Å². The van der Waals surface area contributed by atoms with Crippen LogP contribution in [0.5, 0.6) is 5.75 Å². The SMILES string of the molecule is CC(C)(C)[C@H]1CC[C@H](Oc2cc(-c3cccc(CNCCC(=O)O)c3)cc(C(F)(F)F)c2)CC1. The van der Waals surface area contributed by atoms with Gasteiger partial charge in [0.05, 0.1) is 18.1 Å². The third-order valence-corrected chi connectivity index (χ3v) is 6.54. The van der Waals surface area contributed by atoms with Crippen molar-refractivity contribution in [3.05, 3.63) is 53.6 Å². The van der Waals surface area contributed by atoms with E-state index < -0.39 is 17.7 Å². The second kappa shape index (κ2) is 10.8. The van der Waals surface area contributed by atoms with Gasteiger partial charge >= 0.3 is 12.1 Å². The molecule has 0 bridgehead atoms. The van der Waals surface area contributed by atoms with Crippen LogP contribution in [0.15, 0.2) is 42.5 Å². The molecule has 1 saturated carbocycles. The fourth-order valence-electron chi connectivity index (χ4n) is 4.53. The molecule has 0 aromatic heterocycles. The molecule has 1 fully saturated rings.